The van der Waals surface area contributed by atoms with Crippen molar-refractivity contribution in [2.45, 2.75) is 50.9 Å². The summed E-state index contributed by atoms with van der Waals surface area (Å²) in [6.45, 7) is 1.94. The number of benzene rings is 2. The molecule has 0 bridgehead atoms. The van der Waals surface area contributed by atoms with E-state index in [1.165, 1.54) is 0 Å². The number of para-hydroxylation sites is 1. The van der Waals surface area contributed by atoms with Gasteiger partial charge in [-0.1, -0.05) is 35.9 Å². The van der Waals surface area contributed by atoms with Crippen LogP contribution in [0.3, 0.4) is 0 Å². The molecule has 1 aromatic heterocycles. The number of alkyl halides is 3. The predicted molar refractivity (Wildman–Crippen MR) is 115 cm³/mol. The van der Waals surface area contributed by atoms with Crippen LogP contribution in [0.2, 0.25) is 0 Å². The molecule has 162 valence electrons. The fourth-order valence-corrected chi connectivity index (χ4v) is 4.17. The number of nitrogens with one attached hydrogen (secondary N) is 2. The molecule has 0 spiro atoms. The van der Waals surface area contributed by atoms with E-state index < -0.39 is 11.9 Å². The van der Waals surface area contributed by atoms with Gasteiger partial charge in [-0.2, -0.15) is 13.2 Å². The van der Waals surface area contributed by atoms with Crippen molar-refractivity contribution in [2.75, 3.05) is 5.32 Å². The van der Waals surface area contributed by atoms with Gasteiger partial charge in [0.2, 0.25) is 0 Å². The van der Waals surface area contributed by atoms with E-state index in [9.17, 15) is 18.0 Å². The van der Waals surface area contributed by atoms with Crippen molar-refractivity contribution in [3.63, 3.8) is 0 Å². The minimum absolute atomic E-state index is 0.0329. The Labute approximate surface area is 178 Å². The highest BCUT2D eigenvalue weighted by Gasteiger charge is 2.34. The third kappa shape index (κ3) is 4.98. The standard InChI is InChI=1S/C24H24F3N3O/c1-15-6-4-7-16(12-15)23(31)29-18-9-5-8-17(13-18)28-21-14-22(24(25,26)27)30-20-11-3-2-10-19(20)21/h2-4,6-7,10-12,14,17-18H,5,8-9,13H2,1H3,(H,28,30)(H,29,31)/t17-,18?/m0/s1. The van der Waals surface area contributed by atoms with E-state index in [0.717, 1.165) is 30.9 Å². The monoisotopic (exact) mass is 427 g/mol. The van der Waals surface area contributed by atoms with Crippen molar-refractivity contribution in [3.8, 4) is 0 Å². The summed E-state index contributed by atoms with van der Waals surface area (Å²) in [4.78, 5) is 16.4. The van der Waals surface area contributed by atoms with Crippen LogP contribution in [0.15, 0.2) is 54.6 Å². The van der Waals surface area contributed by atoms with Gasteiger partial charge in [0.15, 0.2) is 0 Å². The molecule has 0 aliphatic heterocycles. The maximum atomic E-state index is 13.3. The Kier molecular flexibility index (Phi) is 5.85. The zero-order valence-electron chi connectivity index (χ0n) is 17.2. The Morgan fingerprint density at radius 1 is 1.03 bits per heavy atom. The first kappa shape index (κ1) is 21.2. The number of halogens is 3. The van der Waals surface area contributed by atoms with Gasteiger partial charge < -0.3 is 10.6 Å². The average Bonchev–Trinajstić information content (AvgIpc) is 2.73. The summed E-state index contributed by atoms with van der Waals surface area (Å²) >= 11 is 0. The number of pyridine rings is 1. The number of hydrogen-bond donors (Lipinski definition) is 2. The van der Waals surface area contributed by atoms with Crippen LogP contribution in [0.25, 0.3) is 10.9 Å². The minimum Gasteiger partial charge on any atom is -0.382 e. The molecule has 1 unspecified atom stereocenters. The predicted octanol–water partition coefficient (Wildman–Crippen LogP) is 5.72. The Balaban J connectivity index is 1.51. The summed E-state index contributed by atoms with van der Waals surface area (Å²) in [5.41, 5.74) is 1.45. The van der Waals surface area contributed by atoms with Gasteiger partial charge in [-0.15, -0.1) is 0 Å². The first-order valence-corrected chi connectivity index (χ1v) is 10.4. The fourth-order valence-electron chi connectivity index (χ4n) is 4.17. The van der Waals surface area contributed by atoms with Gasteiger partial charge in [0, 0.05) is 28.7 Å². The molecule has 2 N–H and O–H groups in total. The van der Waals surface area contributed by atoms with Gasteiger partial charge >= 0.3 is 6.18 Å². The van der Waals surface area contributed by atoms with E-state index >= 15 is 0 Å². The number of amides is 1. The normalized spacial score (nSPS) is 19.2. The second kappa shape index (κ2) is 8.57. The van der Waals surface area contributed by atoms with Crippen molar-refractivity contribution >= 4 is 22.5 Å². The lowest BCUT2D eigenvalue weighted by molar-refractivity contribution is -0.140. The number of nitrogens with zero attached hydrogens (tertiary/aromatic N) is 1. The summed E-state index contributed by atoms with van der Waals surface area (Å²) in [5.74, 6) is -0.122. The molecule has 4 rings (SSSR count). The third-order valence-electron chi connectivity index (χ3n) is 5.66. The van der Waals surface area contributed by atoms with Gasteiger partial charge in [0.05, 0.1) is 5.52 Å². The molecule has 1 fully saturated rings. The SMILES string of the molecule is Cc1cccc(C(=O)NC2CCC[C@H](Nc3cc(C(F)(F)F)nc4ccccc34)C2)c1. The van der Waals surface area contributed by atoms with Crippen LogP contribution in [0, 0.1) is 6.92 Å². The van der Waals surface area contributed by atoms with Crippen molar-refractivity contribution in [1.82, 2.24) is 10.3 Å². The second-order valence-corrected chi connectivity index (χ2v) is 8.12. The molecule has 0 saturated heterocycles. The number of rotatable bonds is 4. The van der Waals surface area contributed by atoms with E-state index in [-0.39, 0.29) is 18.0 Å². The first-order valence-electron chi connectivity index (χ1n) is 10.4. The summed E-state index contributed by atoms with van der Waals surface area (Å²) in [6.07, 6.45) is -1.31. The van der Waals surface area contributed by atoms with Crippen LogP contribution >= 0.6 is 0 Å². The zero-order chi connectivity index (χ0) is 22.0. The number of fused-ring (bicyclic) bond motifs is 1. The molecule has 1 aliphatic rings. The zero-order valence-corrected chi connectivity index (χ0v) is 17.2. The lowest BCUT2D eigenvalue weighted by Crippen LogP contribution is -2.41. The molecular weight excluding hydrogens is 403 g/mol. The van der Waals surface area contributed by atoms with E-state index in [1.807, 2.05) is 25.1 Å². The number of hydrogen-bond acceptors (Lipinski definition) is 3. The van der Waals surface area contributed by atoms with Crippen LogP contribution in [0.1, 0.15) is 47.3 Å². The summed E-state index contributed by atoms with van der Waals surface area (Å²) < 4.78 is 40.0. The van der Waals surface area contributed by atoms with Crippen molar-refractivity contribution in [3.05, 3.63) is 71.4 Å². The van der Waals surface area contributed by atoms with Gasteiger partial charge in [-0.3, -0.25) is 4.79 Å². The van der Waals surface area contributed by atoms with Crippen LogP contribution < -0.4 is 10.6 Å². The second-order valence-electron chi connectivity index (χ2n) is 8.12. The molecule has 4 nitrogen and oxygen atoms in total. The van der Waals surface area contributed by atoms with Crippen molar-refractivity contribution in [1.29, 1.82) is 0 Å². The van der Waals surface area contributed by atoms with Crippen LogP contribution in [-0.2, 0) is 6.18 Å². The number of aromatic nitrogens is 1. The Morgan fingerprint density at radius 3 is 2.58 bits per heavy atom. The lowest BCUT2D eigenvalue weighted by Gasteiger charge is -2.31. The molecular formula is C24H24F3N3O. The molecule has 2 atom stereocenters. The Morgan fingerprint density at radius 2 is 1.81 bits per heavy atom. The molecule has 2 aromatic carbocycles. The third-order valence-corrected chi connectivity index (χ3v) is 5.66. The smallest absolute Gasteiger partial charge is 0.382 e. The van der Waals surface area contributed by atoms with E-state index in [4.69, 9.17) is 0 Å². The topological polar surface area (TPSA) is 54.0 Å². The number of aryl methyl sites for hydroxylation is 1. The number of carbonyl (C=O) groups excluding carboxylic acids is 1. The highest BCUT2D eigenvalue weighted by Crippen LogP contribution is 2.34. The molecule has 31 heavy (non-hydrogen) atoms. The maximum Gasteiger partial charge on any atom is 0.433 e. The van der Waals surface area contributed by atoms with E-state index in [1.54, 1.807) is 30.3 Å². The quantitative estimate of drug-likeness (QED) is 0.560. The summed E-state index contributed by atoms with van der Waals surface area (Å²) in [6, 6.07) is 15.2. The largest absolute Gasteiger partial charge is 0.433 e. The first-order chi connectivity index (χ1) is 14.8. The molecule has 1 saturated carbocycles. The molecule has 7 heteroatoms. The van der Waals surface area contributed by atoms with E-state index in [2.05, 4.69) is 15.6 Å². The molecule has 1 aliphatic carbocycles. The highest BCUT2D eigenvalue weighted by atomic mass is 19.4. The molecule has 0 radical (unpaired) electrons. The lowest BCUT2D eigenvalue weighted by atomic mass is 9.90. The molecule has 1 heterocycles. The molecule has 3 aromatic rings. The Hall–Kier alpha value is -3.09. The molecule has 1 amide bonds. The van der Waals surface area contributed by atoms with Crippen LogP contribution in [0.4, 0.5) is 18.9 Å². The van der Waals surface area contributed by atoms with E-state index in [0.29, 0.717) is 28.6 Å². The van der Waals surface area contributed by atoms with Gasteiger partial charge in [0.1, 0.15) is 5.69 Å². The number of anilines is 1. The highest BCUT2D eigenvalue weighted by molar-refractivity contribution is 5.94. The summed E-state index contributed by atoms with van der Waals surface area (Å²) in [7, 11) is 0. The number of carbonyl (C=O) groups is 1. The van der Waals surface area contributed by atoms with Crippen LogP contribution in [0.5, 0.6) is 0 Å². The van der Waals surface area contributed by atoms with Gasteiger partial charge in [0.25, 0.3) is 5.91 Å². The Bertz CT molecular complexity index is 1100. The maximum absolute atomic E-state index is 13.3. The van der Waals surface area contributed by atoms with Crippen LogP contribution in [-0.4, -0.2) is 23.0 Å². The fraction of sp³-hybridized carbons (Fsp3) is 0.333. The minimum atomic E-state index is -4.52. The van der Waals surface area contributed by atoms with Gasteiger partial charge in [-0.25, -0.2) is 4.98 Å². The van der Waals surface area contributed by atoms with Crippen molar-refractivity contribution < 1.29 is 18.0 Å². The summed E-state index contributed by atoms with van der Waals surface area (Å²) in [5, 5.41) is 7.03. The van der Waals surface area contributed by atoms with Gasteiger partial charge in [-0.05, 0) is 56.9 Å². The average molecular weight is 427 g/mol. The van der Waals surface area contributed by atoms with Crippen molar-refractivity contribution in [2.24, 2.45) is 0 Å².